The number of aromatic nitrogens is 2. The number of hydrogen-bond acceptors (Lipinski definition) is 6. The molecule has 0 bridgehead atoms. The zero-order chi connectivity index (χ0) is 22.5. The number of carbonyl (C=O) groups excluding carboxylic acids is 2. The predicted octanol–water partition coefficient (Wildman–Crippen LogP) is 4.13. The number of ether oxygens (including phenoxy) is 1. The predicted molar refractivity (Wildman–Crippen MR) is 118 cm³/mol. The maximum atomic E-state index is 12.6. The van der Waals surface area contributed by atoms with Crippen molar-refractivity contribution in [1.29, 1.82) is 0 Å². The van der Waals surface area contributed by atoms with Gasteiger partial charge in [0.05, 0.1) is 29.2 Å². The van der Waals surface area contributed by atoms with Gasteiger partial charge in [0.25, 0.3) is 11.8 Å². The molecule has 4 rings (SSSR count). The molecule has 0 atom stereocenters. The number of nitrogens with zero attached hydrogens (tertiary/aromatic N) is 2. The Hall–Kier alpha value is -3.79. The van der Waals surface area contributed by atoms with Gasteiger partial charge in [0.2, 0.25) is 0 Å². The summed E-state index contributed by atoms with van der Waals surface area (Å²) in [6, 6.07) is 14.1. The molecule has 0 unspecified atom stereocenters. The van der Waals surface area contributed by atoms with Crippen LogP contribution in [0.5, 0.6) is 5.75 Å². The third-order valence-corrected chi connectivity index (χ3v) is 5.15. The number of amides is 2. The largest absolute Gasteiger partial charge is 0.484 e. The Bertz CT molecular complexity index is 1230. The van der Waals surface area contributed by atoms with Gasteiger partial charge in [-0.2, -0.15) is 5.10 Å². The Balaban J connectivity index is 1.39. The van der Waals surface area contributed by atoms with Gasteiger partial charge in [0.1, 0.15) is 29.6 Å². The number of furan rings is 2. The number of halogens is 1. The zero-order valence-electron chi connectivity index (χ0n) is 17.0. The molecule has 0 aliphatic carbocycles. The molecule has 164 valence electrons. The Kier molecular flexibility index (Phi) is 6.41. The van der Waals surface area contributed by atoms with Crippen LogP contribution in [0, 0.1) is 0 Å². The first-order valence-electron chi connectivity index (χ1n) is 9.61. The van der Waals surface area contributed by atoms with Crippen molar-refractivity contribution in [3.8, 4) is 5.75 Å². The van der Waals surface area contributed by atoms with E-state index in [4.69, 9.17) is 13.6 Å². The molecule has 0 saturated carbocycles. The van der Waals surface area contributed by atoms with Crippen LogP contribution in [0.3, 0.4) is 0 Å². The molecule has 32 heavy (non-hydrogen) atoms. The van der Waals surface area contributed by atoms with Gasteiger partial charge in [0, 0.05) is 7.05 Å². The summed E-state index contributed by atoms with van der Waals surface area (Å²) < 4.78 is 18.7. The minimum Gasteiger partial charge on any atom is -0.484 e. The van der Waals surface area contributed by atoms with E-state index in [1.54, 1.807) is 31.3 Å². The van der Waals surface area contributed by atoms with E-state index in [-0.39, 0.29) is 30.3 Å². The van der Waals surface area contributed by atoms with Crippen LogP contribution in [0.2, 0.25) is 0 Å². The van der Waals surface area contributed by atoms with Crippen molar-refractivity contribution in [3.05, 3.63) is 88.4 Å². The van der Waals surface area contributed by atoms with Crippen LogP contribution in [0.1, 0.15) is 32.6 Å². The van der Waals surface area contributed by atoms with Gasteiger partial charge in [0.15, 0.2) is 5.76 Å². The van der Waals surface area contributed by atoms with Crippen LogP contribution in [-0.4, -0.2) is 21.6 Å². The number of para-hydroxylation sites is 1. The summed E-state index contributed by atoms with van der Waals surface area (Å²) in [7, 11) is 1.61. The van der Waals surface area contributed by atoms with Crippen molar-refractivity contribution in [2.45, 2.75) is 13.2 Å². The highest BCUT2D eigenvalue weighted by Gasteiger charge is 2.21. The molecule has 9 nitrogen and oxygen atoms in total. The lowest BCUT2D eigenvalue weighted by atomic mass is 10.3. The summed E-state index contributed by atoms with van der Waals surface area (Å²) in [5.74, 6) is 0.924. The lowest BCUT2D eigenvalue weighted by Crippen LogP contribution is -2.26. The fourth-order valence-corrected chi connectivity index (χ4v) is 3.33. The topological polar surface area (TPSA) is 112 Å². The van der Waals surface area contributed by atoms with Gasteiger partial charge in [-0.15, -0.1) is 0 Å². The Labute approximate surface area is 191 Å². The minimum absolute atomic E-state index is 0.0847. The highest BCUT2D eigenvalue weighted by molar-refractivity contribution is 9.10. The molecule has 0 saturated heterocycles. The number of benzene rings is 1. The monoisotopic (exact) mass is 498 g/mol. The van der Waals surface area contributed by atoms with E-state index in [1.807, 2.05) is 24.3 Å². The first-order valence-corrected chi connectivity index (χ1v) is 10.4. The number of anilines is 1. The molecular formula is C22H19BrN4O5. The number of hydrogen-bond donors (Lipinski definition) is 2. The average molecular weight is 499 g/mol. The first-order chi connectivity index (χ1) is 15.5. The van der Waals surface area contributed by atoms with E-state index in [0.29, 0.717) is 17.3 Å². The van der Waals surface area contributed by atoms with Crippen molar-refractivity contribution >= 4 is 33.4 Å². The van der Waals surface area contributed by atoms with Crippen molar-refractivity contribution in [2.75, 3.05) is 5.32 Å². The van der Waals surface area contributed by atoms with Crippen LogP contribution in [-0.2, 0) is 20.2 Å². The van der Waals surface area contributed by atoms with Crippen LogP contribution >= 0.6 is 15.9 Å². The second-order valence-corrected chi connectivity index (χ2v) is 7.59. The van der Waals surface area contributed by atoms with Crippen molar-refractivity contribution in [3.63, 3.8) is 0 Å². The summed E-state index contributed by atoms with van der Waals surface area (Å²) in [5.41, 5.74) is 0.464. The summed E-state index contributed by atoms with van der Waals surface area (Å²) in [4.78, 5) is 25.3. The Morgan fingerprint density at radius 1 is 1.09 bits per heavy atom. The van der Waals surface area contributed by atoms with Gasteiger partial charge in [-0.1, -0.05) is 12.1 Å². The van der Waals surface area contributed by atoms with E-state index in [2.05, 4.69) is 31.7 Å². The lowest BCUT2D eigenvalue weighted by Gasteiger charge is -2.08. The normalized spacial score (nSPS) is 10.7. The second-order valence-electron chi connectivity index (χ2n) is 6.73. The average Bonchev–Trinajstić information content (AvgIpc) is 3.53. The zero-order valence-corrected chi connectivity index (χ0v) is 18.6. The van der Waals surface area contributed by atoms with E-state index in [0.717, 1.165) is 4.47 Å². The molecule has 3 aromatic heterocycles. The molecule has 0 aliphatic rings. The molecule has 0 fully saturated rings. The highest BCUT2D eigenvalue weighted by atomic mass is 79.9. The standard InChI is InChI=1S/C22H19BrN4O5/c1-27-20(22(29)24-11-14-5-4-10-30-14)17(12-25-27)26-21(28)19-9-8-15(32-19)13-31-18-7-3-2-6-16(18)23/h2-10,12H,11,13H2,1H3,(H,24,29)(H,26,28). The second kappa shape index (κ2) is 9.56. The Morgan fingerprint density at radius 2 is 1.94 bits per heavy atom. The molecule has 3 heterocycles. The van der Waals surface area contributed by atoms with E-state index >= 15 is 0 Å². The van der Waals surface area contributed by atoms with Gasteiger partial charge < -0.3 is 24.2 Å². The maximum Gasteiger partial charge on any atom is 0.291 e. The summed E-state index contributed by atoms with van der Waals surface area (Å²) in [6.07, 6.45) is 2.93. The van der Waals surface area contributed by atoms with Gasteiger partial charge >= 0.3 is 0 Å². The molecule has 10 heteroatoms. The highest BCUT2D eigenvalue weighted by Crippen LogP contribution is 2.25. The van der Waals surface area contributed by atoms with E-state index in [9.17, 15) is 9.59 Å². The molecule has 2 N–H and O–H groups in total. The van der Waals surface area contributed by atoms with Crippen LogP contribution in [0.15, 0.2) is 74.3 Å². The Morgan fingerprint density at radius 3 is 2.72 bits per heavy atom. The summed E-state index contributed by atoms with van der Waals surface area (Å²) in [6.45, 7) is 0.368. The molecule has 4 aromatic rings. The number of nitrogens with one attached hydrogen (secondary N) is 2. The van der Waals surface area contributed by atoms with Crippen molar-refractivity contribution in [2.24, 2.45) is 7.05 Å². The van der Waals surface area contributed by atoms with Gasteiger partial charge in [-0.3, -0.25) is 14.3 Å². The van der Waals surface area contributed by atoms with Crippen LogP contribution < -0.4 is 15.4 Å². The van der Waals surface area contributed by atoms with Crippen molar-refractivity contribution in [1.82, 2.24) is 15.1 Å². The number of aryl methyl sites for hydroxylation is 1. The summed E-state index contributed by atoms with van der Waals surface area (Å²) in [5, 5.41) is 9.47. The van der Waals surface area contributed by atoms with E-state index < -0.39 is 11.8 Å². The molecule has 0 spiro atoms. The molecule has 0 aliphatic heterocycles. The van der Waals surface area contributed by atoms with Crippen molar-refractivity contribution < 1.29 is 23.2 Å². The maximum absolute atomic E-state index is 12.6. The lowest BCUT2D eigenvalue weighted by molar-refractivity contribution is 0.0939. The minimum atomic E-state index is -0.509. The van der Waals surface area contributed by atoms with Crippen LogP contribution in [0.25, 0.3) is 0 Å². The fraction of sp³-hybridized carbons (Fsp3) is 0.136. The van der Waals surface area contributed by atoms with Gasteiger partial charge in [-0.25, -0.2) is 0 Å². The number of carbonyl (C=O) groups is 2. The van der Waals surface area contributed by atoms with E-state index in [1.165, 1.54) is 17.1 Å². The van der Waals surface area contributed by atoms with Crippen LogP contribution in [0.4, 0.5) is 5.69 Å². The SMILES string of the molecule is Cn1ncc(NC(=O)c2ccc(COc3ccccc3Br)o2)c1C(=O)NCc1ccco1. The molecule has 1 aromatic carbocycles. The number of rotatable bonds is 8. The smallest absolute Gasteiger partial charge is 0.291 e. The quantitative estimate of drug-likeness (QED) is 0.377. The third-order valence-electron chi connectivity index (χ3n) is 4.50. The third kappa shape index (κ3) is 4.92. The summed E-state index contributed by atoms with van der Waals surface area (Å²) >= 11 is 3.41. The molecular weight excluding hydrogens is 480 g/mol. The first kappa shape index (κ1) is 21.4. The van der Waals surface area contributed by atoms with Gasteiger partial charge in [-0.05, 0) is 52.3 Å². The molecule has 0 radical (unpaired) electrons. The fourth-order valence-electron chi connectivity index (χ4n) is 2.93. The molecule has 2 amide bonds.